The fourth-order valence-corrected chi connectivity index (χ4v) is 3.87. The van der Waals surface area contributed by atoms with Crippen molar-refractivity contribution in [3.05, 3.63) is 12.2 Å². The Balaban J connectivity index is 2.68. The molecule has 0 spiro atoms. The Morgan fingerprint density at radius 2 is 2.00 bits per heavy atom. The van der Waals surface area contributed by atoms with Crippen LogP contribution < -0.4 is 0 Å². The molecular formula is C23H33NO4. The molecule has 0 aliphatic heterocycles. The van der Waals surface area contributed by atoms with Gasteiger partial charge < -0.3 is 10.2 Å². The molecule has 2 N–H and O–H groups in total. The Kier molecular flexibility index (Phi) is 10.6. The van der Waals surface area contributed by atoms with Gasteiger partial charge in [0.05, 0.1) is 12.0 Å². The summed E-state index contributed by atoms with van der Waals surface area (Å²) in [5, 5.41) is 28.7. The lowest BCUT2D eigenvalue weighted by Crippen LogP contribution is -2.24. The molecule has 1 aliphatic rings. The highest BCUT2D eigenvalue weighted by molar-refractivity contribution is 5.84. The van der Waals surface area contributed by atoms with Crippen molar-refractivity contribution in [3.63, 3.8) is 0 Å². The van der Waals surface area contributed by atoms with Crippen LogP contribution in [-0.4, -0.2) is 27.6 Å². The van der Waals surface area contributed by atoms with Crippen LogP contribution in [0, 0.1) is 41.4 Å². The number of Topliss-reactive ketones (excluding diaryl/α,β-unsaturated/α-hetero) is 1. The summed E-state index contributed by atoms with van der Waals surface area (Å²) in [6.07, 6.45) is 16.5. The monoisotopic (exact) mass is 387 g/mol. The van der Waals surface area contributed by atoms with Crippen molar-refractivity contribution in [2.75, 3.05) is 0 Å². The van der Waals surface area contributed by atoms with E-state index in [9.17, 15) is 20.0 Å². The first-order valence-corrected chi connectivity index (χ1v) is 10.4. The lowest BCUT2D eigenvalue weighted by Gasteiger charge is -2.21. The number of ketones is 1. The number of hydrogen-bond donors (Lipinski definition) is 2. The maximum absolute atomic E-state index is 12.4. The molecule has 154 valence electrons. The number of nitrogens with zero attached hydrogens (tertiary/aromatic N) is 1. The summed E-state index contributed by atoms with van der Waals surface area (Å²) in [5.41, 5.74) is -1.33. The number of allylic oxidation sites excluding steroid dienone is 1. The van der Waals surface area contributed by atoms with E-state index in [1.807, 2.05) is 0 Å². The van der Waals surface area contributed by atoms with E-state index in [4.69, 9.17) is 11.5 Å². The average molecular weight is 388 g/mol. The number of carboxylic acids is 1. The van der Waals surface area contributed by atoms with Gasteiger partial charge in [0.15, 0.2) is 0 Å². The van der Waals surface area contributed by atoms with E-state index in [1.165, 1.54) is 0 Å². The number of aliphatic carboxylic acids is 1. The minimum Gasteiger partial charge on any atom is -0.481 e. The minimum atomic E-state index is -1.33. The summed E-state index contributed by atoms with van der Waals surface area (Å²) in [5.74, 6) is 0.943. The summed E-state index contributed by atoms with van der Waals surface area (Å²) in [6, 6.07) is 2.23. The molecule has 0 amide bonds. The van der Waals surface area contributed by atoms with Crippen molar-refractivity contribution in [1.29, 1.82) is 5.26 Å². The molecule has 0 heterocycles. The molecule has 1 unspecified atom stereocenters. The summed E-state index contributed by atoms with van der Waals surface area (Å²) < 4.78 is 0. The summed E-state index contributed by atoms with van der Waals surface area (Å²) >= 11 is 0. The molecule has 1 fully saturated rings. The normalized spacial score (nSPS) is 24.0. The molecular weight excluding hydrogens is 354 g/mol. The zero-order valence-electron chi connectivity index (χ0n) is 16.9. The van der Waals surface area contributed by atoms with Gasteiger partial charge in [0.2, 0.25) is 0 Å². The van der Waals surface area contributed by atoms with E-state index in [2.05, 4.69) is 18.9 Å². The number of terminal acetylenes is 1. The van der Waals surface area contributed by atoms with Gasteiger partial charge in [-0.15, -0.1) is 6.42 Å². The number of nitriles is 1. The highest BCUT2D eigenvalue weighted by atomic mass is 16.4. The fourth-order valence-electron chi connectivity index (χ4n) is 3.87. The second kappa shape index (κ2) is 12.4. The molecule has 5 heteroatoms. The number of rotatable bonds is 13. The van der Waals surface area contributed by atoms with Crippen molar-refractivity contribution in [2.24, 2.45) is 17.8 Å². The average Bonchev–Trinajstić information content (AvgIpc) is 2.97. The molecule has 28 heavy (non-hydrogen) atoms. The molecule has 0 aromatic carbocycles. The van der Waals surface area contributed by atoms with Gasteiger partial charge in [-0.2, -0.15) is 5.26 Å². The smallest absolute Gasteiger partial charge is 0.303 e. The van der Waals surface area contributed by atoms with Gasteiger partial charge in [0.25, 0.3) is 0 Å². The molecule has 1 rings (SSSR count). The summed E-state index contributed by atoms with van der Waals surface area (Å²) in [7, 11) is 0. The topological polar surface area (TPSA) is 98.4 Å². The lowest BCUT2D eigenvalue weighted by molar-refractivity contribution is -0.137. The third-order valence-corrected chi connectivity index (χ3v) is 5.59. The largest absolute Gasteiger partial charge is 0.481 e. The zero-order chi connectivity index (χ0) is 21.0. The number of carboxylic acid groups (broad SMARTS) is 1. The number of carbonyl (C=O) groups is 2. The van der Waals surface area contributed by atoms with Crippen molar-refractivity contribution < 1.29 is 19.8 Å². The predicted octanol–water partition coefficient (Wildman–Crippen LogP) is 4.26. The molecule has 1 saturated carbocycles. The van der Waals surface area contributed by atoms with Gasteiger partial charge >= 0.3 is 5.97 Å². The minimum absolute atomic E-state index is 0.0990. The first-order valence-electron chi connectivity index (χ1n) is 10.4. The maximum atomic E-state index is 12.4. The molecule has 0 saturated heterocycles. The van der Waals surface area contributed by atoms with E-state index in [-0.39, 0.29) is 36.4 Å². The molecule has 0 aromatic rings. The SMILES string of the molecule is C#CC(O)(C=C[C@H]1[C@H](C#N)CC(=O)[C@@H]1CCCCCCC(=O)O)CCCCC. The second-order valence-corrected chi connectivity index (χ2v) is 7.82. The van der Waals surface area contributed by atoms with Crippen LogP contribution >= 0.6 is 0 Å². The Bertz CT molecular complexity index is 627. The van der Waals surface area contributed by atoms with Crippen LogP contribution in [0.5, 0.6) is 0 Å². The number of unbranched alkanes of at least 4 members (excludes halogenated alkanes) is 5. The van der Waals surface area contributed by atoms with Gasteiger partial charge in [-0.25, -0.2) is 0 Å². The van der Waals surface area contributed by atoms with E-state index in [1.54, 1.807) is 12.2 Å². The highest BCUT2D eigenvalue weighted by Gasteiger charge is 2.41. The quantitative estimate of drug-likeness (QED) is 0.279. The second-order valence-electron chi connectivity index (χ2n) is 7.82. The Labute approximate surface area is 168 Å². The molecule has 1 aliphatic carbocycles. The molecule has 0 bridgehead atoms. The lowest BCUT2D eigenvalue weighted by atomic mass is 9.84. The third kappa shape index (κ3) is 7.87. The molecule has 0 radical (unpaired) electrons. The van der Waals surface area contributed by atoms with Crippen LogP contribution in [-0.2, 0) is 9.59 Å². The van der Waals surface area contributed by atoms with Gasteiger partial charge in [-0.05, 0) is 31.8 Å². The van der Waals surface area contributed by atoms with Crippen LogP contribution in [0.4, 0.5) is 0 Å². The van der Waals surface area contributed by atoms with Crippen molar-refractivity contribution in [3.8, 4) is 18.4 Å². The fraction of sp³-hybridized carbons (Fsp3) is 0.696. The van der Waals surface area contributed by atoms with E-state index >= 15 is 0 Å². The zero-order valence-corrected chi connectivity index (χ0v) is 16.9. The van der Waals surface area contributed by atoms with Gasteiger partial charge in [-0.1, -0.05) is 51.0 Å². The molecule has 4 atom stereocenters. The van der Waals surface area contributed by atoms with Crippen LogP contribution in [0.25, 0.3) is 0 Å². The number of carbonyl (C=O) groups excluding carboxylic acids is 1. The van der Waals surface area contributed by atoms with Crippen molar-refractivity contribution in [1.82, 2.24) is 0 Å². The van der Waals surface area contributed by atoms with Crippen LogP contribution in [0.1, 0.15) is 77.6 Å². The van der Waals surface area contributed by atoms with Gasteiger partial charge in [0, 0.05) is 24.7 Å². The first-order chi connectivity index (χ1) is 13.4. The van der Waals surface area contributed by atoms with Crippen molar-refractivity contribution >= 4 is 11.8 Å². The van der Waals surface area contributed by atoms with E-state index in [0.29, 0.717) is 19.3 Å². The van der Waals surface area contributed by atoms with E-state index in [0.717, 1.165) is 38.5 Å². The summed E-state index contributed by atoms with van der Waals surface area (Å²) in [6.45, 7) is 2.08. The first kappa shape index (κ1) is 23.9. The Hall–Kier alpha value is -2.11. The molecule has 0 aromatic heterocycles. The van der Waals surface area contributed by atoms with E-state index < -0.39 is 11.6 Å². The number of aliphatic hydroxyl groups is 1. The van der Waals surface area contributed by atoms with Gasteiger partial charge in [0.1, 0.15) is 11.4 Å². The Morgan fingerprint density at radius 1 is 1.29 bits per heavy atom. The van der Waals surface area contributed by atoms with Crippen LogP contribution in [0.2, 0.25) is 0 Å². The Morgan fingerprint density at radius 3 is 2.61 bits per heavy atom. The number of hydrogen-bond acceptors (Lipinski definition) is 4. The van der Waals surface area contributed by atoms with Crippen molar-refractivity contribution in [2.45, 2.75) is 83.2 Å². The predicted molar refractivity (Wildman–Crippen MR) is 108 cm³/mol. The highest BCUT2D eigenvalue weighted by Crippen LogP contribution is 2.38. The van der Waals surface area contributed by atoms with Gasteiger partial charge in [-0.3, -0.25) is 9.59 Å². The maximum Gasteiger partial charge on any atom is 0.303 e. The van der Waals surface area contributed by atoms with Crippen LogP contribution in [0.3, 0.4) is 0 Å². The summed E-state index contributed by atoms with van der Waals surface area (Å²) in [4.78, 5) is 22.9. The molecule has 5 nitrogen and oxygen atoms in total. The van der Waals surface area contributed by atoms with Crippen LogP contribution in [0.15, 0.2) is 12.2 Å². The third-order valence-electron chi connectivity index (χ3n) is 5.59. The standard InChI is InChI=1S/C23H33NO4/c1-3-5-10-14-23(28,4-2)15-13-19-18(17-24)16-21(25)20(19)11-8-6-7-9-12-22(26)27/h2,13,15,18-20,28H,3,5-12,14,16H2,1H3,(H,26,27)/t18-,19-,20+,23?/m0/s1.